The zero-order chi connectivity index (χ0) is 12.4. The van der Waals surface area contributed by atoms with Crippen LogP contribution < -0.4 is 15.0 Å². The number of methoxy groups -OCH3 is 1. The number of anilines is 1. The molecule has 0 aromatic heterocycles. The first kappa shape index (κ1) is 11.8. The molecule has 1 aliphatic heterocycles. The summed E-state index contributed by atoms with van der Waals surface area (Å²) in [5.41, 5.74) is 1.67. The van der Waals surface area contributed by atoms with Gasteiger partial charge in [0.05, 0.1) is 12.6 Å². The minimum atomic E-state index is 0.352. The molecule has 0 amide bonds. The van der Waals surface area contributed by atoms with Crippen LogP contribution in [-0.2, 0) is 0 Å². The predicted molar refractivity (Wildman–Crippen MR) is 74.4 cm³/mol. The lowest BCUT2D eigenvalue weighted by Gasteiger charge is -2.47. The van der Waals surface area contributed by atoms with E-state index in [4.69, 9.17) is 4.74 Å². The summed E-state index contributed by atoms with van der Waals surface area (Å²) < 4.78 is 5.35. The van der Waals surface area contributed by atoms with Gasteiger partial charge in [0.25, 0.3) is 0 Å². The molecule has 0 bridgehead atoms. The lowest BCUT2D eigenvalue weighted by atomic mass is 9.92. The lowest BCUT2D eigenvalue weighted by Crippen LogP contribution is -2.60. The summed E-state index contributed by atoms with van der Waals surface area (Å²) in [5, 5.41) is 3.57. The second kappa shape index (κ2) is 4.81. The van der Waals surface area contributed by atoms with Gasteiger partial charge in [-0.1, -0.05) is 18.9 Å². The number of piperazine rings is 1. The van der Waals surface area contributed by atoms with Crippen molar-refractivity contribution < 1.29 is 4.74 Å². The molecule has 3 nitrogen and oxygen atoms in total. The molecule has 1 N–H and O–H groups in total. The average molecular weight is 246 g/mol. The summed E-state index contributed by atoms with van der Waals surface area (Å²) in [4.78, 5) is 2.61. The fourth-order valence-corrected chi connectivity index (χ4v) is 3.51. The van der Waals surface area contributed by atoms with Gasteiger partial charge in [-0.25, -0.2) is 0 Å². The lowest BCUT2D eigenvalue weighted by molar-refractivity contribution is 0.332. The molecular formula is C15H22N2O. The molecular weight excluding hydrogens is 224 g/mol. The SMILES string of the molecule is COc1cccc(N2CCNCC23CCCC3)c1. The van der Waals surface area contributed by atoms with Crippen LogP contribution in [-0.4, -0.2) is 32.3 Å². The van der Waals surface area contributed by atoms with Crippen molar-refractivity contribution in [2.75, 3.05) is 31.6 Å². The summed E-state index contributed by atoms with van der Waals surface area (Å²) in [7, 11) is 1.74. The molecule has 3 rings (SSSR count). The zero-order valence-corrected chi connectivity index (χ0v) is 11.1. The highest BCUT2D eigenvalue weighted by Gasteiger charge is 2.41. The average Bonchev–Trinajstić information content (AvgIpc) is 2.88. The Morgan fingerprint density at radius 2 is 2.11 bits per heavy atom. The van der Waals surface area contributed by atoms with Crippen molar-refractivity contribution in [3.05, 3.63) is 24.3 Å². The summed E-state index contributed by atoms with van der Waals surface area (Å²) in [6.45, 7) is 3.32. The van der Waals surface area contributed by atoms with E-state index in [1.54, 1.807) is 7.11 Å². The Labute approximate surface area is 109 Å². The standard InChI is InChI=1S/C15H22N2O/c1-18-14-6-4-5-13(11-14)17-10-9-16-12-15(17)7-2-3-8-15/h4-6,11,16H,2-3,7-10,12H2,1H3. The van der Waals surface area contributed by atoms with Gasteiger partial charge in [-0.05, 0) is 25.0 Å². The molecule has 98 valence electrons. The maximum atomic E-state index is 5.35. The molecule has 2 aliphatic rings. The largest absolute Gasteiger partial charge is 0.497 e. The number of hydrogen-bond acceptors (Lipinski definition) is 3. The van der Waals surface area contributed by atoms with Gasteiger partial charge in [-0.15, -0.1) is 0 Å². The van der Waals surface area contributed by atoms with E-state index in [2.05, 4.69) is 28.4 Å². The molecule has 0 unspecified atom stereocenters. The maximum absolute atomic E-state index is 5.35. The Hall–Kier alpha value is -1.22. The van der Waals surface area contributed by atoms with Crippen molar-refractivity contribution in [2.24, 2.45) is 0 Å². The molecule has 1 heterocycles. The van der Waals surface area contributed by atoms with Gasteiger partial charge in [0.1, 0.15) is 5.75 Å². The second-order valence-electron chi connectivity index (χ2n) is 5.46. The van der Waals surface area contributed by atoms with Gasteiger partial charge < -0.3 is 15.0 Å². The first-order valence-electron chi connectivity index (χ1n) is 6.96. The van der Waals surface area contributed by atoms with Crippen LogP contribution in [0.3, 0.4) is 0 Å². The number of rotatable bonds is 2. The quantitative estimate of drug-likeness (QED) is 0.867. The number of nitrogens with zero attached hydrogens (tertiary/aromatic N) is 1. The predicted octanol–water partition coefficient (Wildman–Crippen LogP) is 2.42. The van der Waals surface area contributed by atoms with Crippen LogP contribution in [0.2, 0.25) is 0 Å². The summed E-state index contributed by atoms with van der Waals surface area (Å²) in [6.07, 6.45) is 5.36. The Morgan fingerprint density at radius 1 is 1.28 bits per heavy atom. The van der Waals surface area contributed by atoms with Crippen molar-refractivity contribution in [2.45, 2.75) is 31.2 Å². The smallest absolute Gasteiger partial charge is 0.120 e. The zero-order valence-electron chi connectivity index (χ0n) is 11.1. The molecule has 1 aromatic carbocycles. The number of benzene rings is 1. The Bertz CT molecular complexity index is 413. The maximum Gasteiger partial charge on any atom is 0.120 e. The fraction of sp³-hybridized carbons (Fsp3) is 0.600. The number of hydrogen-bond donors (Lipinski definition) is 1. The van der Waals surface area contributed by atoms with Crippen LogP contribution in [0.1, 0.15) is 25.7 Å². The number of ether oxygens (including phenoxy) is 1. The molecule has 0 atom stereocenters. The highest BCUT2D eigenvalue weighted by molar-refractivity contribution is 5.54. The van der Waals surface area contributed by atoms with Crippen LogP contribution in [0.4, 0.5) is 5.69 Å². The molecule has 1 saturated carbocycles. The van der Waals surface area contributed by atoms with Crippen LogP contribution in [0.15, 0.2) is 24.3 Å². The van der Waals surface area contributed by atoms with E-state index in [1.165, 1.54) is 31.4 Å². The summed E-state index contributed by atoms with van der Waals surface area (Å²) >= 11 is 0. The van der Waals surface area contributed by atoms with Gasteiger partial charge in [0.2, 0.25) is 0 Å². The van der Waals surface area contributed by atoms with E-state index in [0.717, 1.165) is 25.4 Å². The molecule has 0 radical (unpaired) electrons. The van der Waals surface area contributed by atoms with E-state index in [0.29, 0.717) is 5.54 Å². The third-order valence-electron chi connectivity index (χ3n) is 4.44. The van der Waals surface area contributed by atoms with Crippen molar-refractivity contribution >= 4 is 5.69 Å². The molecule has 1 aromatic rings. The van der Waals surface area contributed by atoms with Gasteiger partial charge in [0, 0.05) is 31.4 Å². The Kier molecular flexibility index (Phi) is 3.16. The van der Waals surface area contributed by atoms with Crippen LogP contribution in [0.5, 0.6) is 5.75 Å². The summed E-state index contributed by atoms with van der Waals surface area (Å²) in [6, 6.07) is 8.51. The topological polar surface area (TPSA) is 24.5 Å². The van der Waals surface area contributed by atoms with E-state index in [9.17, 15) is 0 Å². The molecule has 1 spiro atoms. The minimum Gasteiger partial charge on any atom is -0.497 e. The van der Waals surface area contributed by atoms with Crippen LogP contribution >= 0.6 is 0 Å². The Morgan fingerprint density at radius 3 is 2.89 bits per heavy atom. The molecule has 2 fully saturated rings. The third kappa shape index (κ3) is 1.97. The van der Waals surface area contributed by atoms with E-state index >= 15 is 0 Å². The third-order valence-corrected chi connectivity index (χ3v) is 4.44. The first-order valence-corrected chi connectivity index (χ1v) is 6.96. The second-order valence-corrected chi connectivity index (χ2v) is 5.46. The fourth-order valence-electron chi connectivity index (χ4n) is 3.51. The van der Waals surface area contributed by atoms with Gasteiger partial charge in [-0.3, -0.25) is 0 Å². The Balaban J connectivity index is 1.92. The molecule has 1 saturated heterocycles. The van der Waals surface area contributed by atoms with Crippen LogP contribution in [0, 0.1) is 0 Å². The highest BCUT2D eigenvalue weighted by Crippen LogP contribution is 2.39. The van der Waals surface area contributed by atoms with Crippen molar-refractivity contribution in [1.29, 1.82) is 0 Å². The van der Waals surface area contributed by atoms with E-state index in [-0.39, 0.29) is 0 Å². The summed E-state index contributed by atoms with van der Waals surface area (Å²) in [5.74, 6) is 0.958. The number of nitrogens with one attached hydrogen (secondary N) is 1. The van der Waals surface area contributed by atoms with Gasteiger partial charge in [-0.2, -0.15) is 0 Å². The monoisotopic (exact) mass is 246 g/mol. The van der Waals surface area contributed by atoms with E-state index in [1.807, 2.05) is 6.07 Å². The molecule has 1 aliphatic carbocycles. The van der Waals surface area contributed by atoms with Gasteiger partial charge in [0.15, 0.2) is 0 Å². The van der Waals surface area contributed by atoms with Crippen molar-refractivity contribution in [3.8, 4) is 5.75 Å². The van der Waals surface area contributed by atoms with E-state index < -0.39 is 0 Å². The highest BCUT2D eigenvalue weighted by atomic mass is 16.5. The first-order chi connectivity index (χ1) is 8.84. The normalized spacial score (nSPS) is 22.4. The molecule has 3 heteroatoms. The molecule has 18 heavy (non-hydrogen) atoms. The minimum absolute atomic E-state index is 0.352. The van der Waals surface area contributed by atoms with Crippen molar-refractivity contribution in [1.82, 2.24) is 5.32 Å². The van der Waals surface area contributed by atoms with Crippen LogP contribution in [0.25, 0.3) is 0 Å². The van der Waals surface area contributed by atoms with Gasteiger partial charge >= 0.3 is 0 Å². The van der Waals surface area contributed by atoms with Crippen molar-refractivity contribution in [3.63, 3.8) is 0 Å².